The van der Waals surface area contributed by atoms with Crippen LogP contribution in [0.15, 0.2) is 12.1 Å². The van der Waals surface area contributed by atoms with E-state index in [1.54, 1.807) is 0 Å². The van der Waals surface area contributed by atoms with Crippen molar-refractivity contribution in [3.63, 3.8) is 0 Å². The average molecular weight is 255 g/mol. The van der Waals surface area contributed by atoms with Crippen molar-refractivity contribution in [2.24, 2.45) is 0 Å². The molecule has 90 valence electrons. The van der Waals surface area contributed by atoms with Crippen LogP contribution in [0.4, 0.5) is 5.69 Å². The highest BCUT2D eigenvalue weighted by atomic mass is 35.5. The fourth-order valence-electron chi connectivity index (χ4n) is 1.35. The van der Waals surface area contributed by atoms with Crippen molar-refractivity contribution in [1.82, 2.24) is 0 Å². The third-order valence-corrected chi connectivity index (χ3v) is 2.22. The second kappa shape index (κ2) is 5.45. The van der Waals surface area contributed by atoms with Gasteiger partial charge in [0.05, 0.1) is 18.4 Å². The largest absolute Gasteiger partial charge is 0.465 e. The van der Waals surface area contributed by atoms with Gasteiger partial charge in [-0.15, -0.1) is 0 Å². The summed E-state index contributed by atoms with van der Waals surface area (Å²) < 4.78 is 4.58. The van der Waals surface area contributed by atoms with E-state index in [9.17, 15) is 9.59 Å². The van der Waals surface area contributed by atoms with E-state index in [1.165, 1.54) is 26.2 Å². The molecule has 1 amide bonds. The number of carbonyl (C=O) groups is 2. The minimum atomic E-state index is -0.613. The molecular formula is C11H11ClN2O3. The van der Waals surface area contributed by atoms with Crippen molar-refractivity contribution >= 4 is 35.4 Å². The SMILES string of the molecule is COC(=O)c1cc(Cl)cc(NC(C)=O)c1C=N. The maximum absolute atomic E-state index is 11.5. The number of ether oxygens (including phenoxy) is 1. The first-order valence-corrected chi connectivity index (χ1v) is 5.07. The van der Waals surface area contributed by atoms with Crippen LogP contribution in [-0.2, 0) is 9.53 Å². The maximum atomic E-state index is 11.5. The third-order valence-electron chi connectivity index (χ3n) is 2.01. The van der Waals surface area contributed by atoms with Crippen LogP contribution >= 0.6 is 11.6 Å². The zero-order valence-electron chi connectivity index (χ0n) is 9.33. The highest BCUT2D eigenvalue weighted by Crippen LogP contribution is 2.24. The highest BCUT2D eigenvalue weighted by molar-refractivity contribution is 6.31. The Morgan fingerprint density at radius 2 is 2.12 bits per heavy atom. The molecule has 5 nitrogen and oxygen atoms in total. The summed E-state index contributed by atoms with van der Waals surface area (Å²) in [6.07, 6.45) is 0.966. The standard InChI is InChI=1S/C11H11ClN2O3/c1-6(15)14-10-4-7(12)3-8(9(10)5-13)11(16)17-2/h3-5,13H,1-2H3,(H,14,15). The average Bonchev–Trinajstić information content (AvgIpc) is 2.26. The molecule has 0 aliphatic rings. The Balaban J connectivity index is 3.39. The van der Waals surface area contributed by atoms with Crippen LogP contribution in [0.5, 0.6) is 0 Å². The number of halogens is 1. The van der Waals surface area contributed by atoms with E-state index in [1.807, 2.05) is 0 Å². The number of carbonyl (C=O) groups excluding carboxylic acids is 2. The summed E-state index contributed by atoms with van der Waals surface area (Å²) >= 11 is 5.83. The van der Waals surface area contributed by atoms with Crippen molar-refractivity contribution < 1.29 is 14.3 Å². The van der Waals surface area contributed by atoms with Crippen molar-refractivity contribution in [3.8, 4) is 0 Å². The number of anilines is 1. The van der Waals surface area contributed by atoms with Crippen LogP contribution in [0.2, 0.25) is 5.02 Å². The monoisotopic (exact) mass is 254 g/mol. The normalized spacial score (nSPS) is 9.59. The van der Waals surface area contributed by atoms with Crippen LogP contribution < -0.4 is 5.32 Å². The summed E-state index contributed by atoms with van der Waals surface area (Å²) in [6, 6.07) is 2.86. The first kappa shape index (κ1) is 13.2. The van der Waals surface area contributed by atoms with Crippen LogP contribution in [0.3, 0.4) is 0 Å². The lowest BCUT2D eigenvalue weighted by Gasteiger charge is -2.11. The fraction of sp³-hybridized carbons (Fsp3) is 0.182. The van der Waals surface area contributed by atoms with Gasteiger partial charge in [0, 0.05) is 23.7 Å². The molecule has 0 aromatic heterocycles. The van der Waals surface area contributed by atoms with Crippen molar-refractivity contribution in [2.75, 3.05) is 12.4 Å². The summed E-state index contributed by atoms with van der Waals surface area (Å²) in [7, 11) is 1.23. The van der Waals surface area contributed by atoms with E-state index in [-0.39, 0.29) is 22.1 Å². The molecular weight excluding hydrogens is 244 g/mol. The third kappa shape index (κ3) is 3.04. The van der Waals surface area contributed by atoms with Gasteiger partial charge in [-0.05, 0) is 12.1 Å². The predicted octanol–water partition coefficient (Wildman–Crippen LogP) is 2.08. The lowest BCUT2D eigenvalue weighted by molar-refractivity contribution is -0.114. The molecule has 0 radical (unpaired) electrons. The predicted molar refractivity (Wildman–Crippen MR) is 65.0 cm³/mol. The molecule has 1 rings (SSSR count). The van der Waals surface area contributed by atoms with Gasteiger partial charge < -0.3 is 15.5 Å². The number of nitrogens with one attached hydrogen (secondary N) is 2. The Morgan fingerprint density at radius 3 is 2.59 bits per heavy atom. The zero-order valence-corrected chi connectivity index (χ0v) is 10.1. The Kier molecular flexibility index (Phi) is 4.23. The summed E-state index contributed by atoms with van der Waals surface area (Å²) in [5, 5.41) is 10.1. The van der Waals surface area contributed by atoms with E-state index < -0.39 is 5.97 Å². The second-order valence-corrected chi connectivity index (χ2v) is 3.67. The van der Waals surface area contributed by atoms with Gasteiger partial charge in [0.1, 0.15) is 0 Å². The van der Waals surface area contributed by atoms with Crippen LogP contribution in [-0.4, -0.2) is 25.2 Å². The molecule has 0 aliphatic carbocycles. The van der Waals surface area contributed by atoms with Gasteiger partial charge in [-0.3, -0.25) is 4.79 Å². The first-order valence-electron chi connectivity index (χ1n) is 4.69. The summed E-state index contributed by atoms with van der Waals surface area (Å²) in [6.45, 7) is 1.33. The molecule has 0 bridgehead atoms. The zero-order chi connectivity index (χ0) is 13.0. The first-order chi connectivity index (χ1) is 7.99. The number of benzene rings is 1. The smallest absolute Gasteiger partial charge is 0.338 e. The number of amides is 1. The summed E-state index contributed by atoms with van der Waals surface area (Å²) in [5.41, 5.74) is 0.704. The van der Waals surface area contributed by atoms with E-state index in [0.717, 1.165) is 6.21 Å². The minimum absolute atomic E-state index is 0.138. The Morgan fingerprint density at radius 1 is 1.47 bits per heavy atom. The number of hydrogen-bond acceptors (Lipinski definition) is 4. The highest BCUT2D eigenvalue weighted by Gasteiger charge is 2.16. The van der Waals surface area contributed by atoms with Gasteiger partial charge in [-0.1, -0.05) is 11.6 Å². The Hall–Kier alpha value is -1.88. The van der Waals surface area contributed by atoms with Gasteiger partial charge in [0.2, 0.25) is 5.91 Å². The quantitative estimate of drug-likeness (QED) is 0.640. The van der Waals surface area contributed by atoms with Gasteiger partial charge in [-0.25, -0.2) is 4.79 Å². The maximum Gasteiger partial charge on any atom is 0.338 e. The molecule has 0 heterocycles. The van der Waals surface area contributed by atoms with Crippen LogP contribution in [0, 0.1) is 5.41 Å². The minimum Gasteiger partial charge on any atom is -0.465 e. The molecule has 0 spiro atoms. The molecule has 0 aliphatic heterocycles. The molecule has 0 fully saturated rings. The van der Waals surface area contributed by atoms with Gasteiger partial charge in [0.15, 0.2) is 0 Å². The molecule has 0 unspecified atom stereocenters. The molecule has 17 heavy (non-hydrogen) atoms. The number of methoxy groups -OCH3 is 1. The van der Waals surface area contributed by atoms with Gasteiger partial charge >= 0.3 is 5.97 Å². The molecule has 2 N–H and O–H groups in total. The lowest BCUT2D eigenvalue weighted by atomic mass is 10.1. The van der Waals surface area contributed by atoms with E-state index in [0.29, 0.717) is 5.69 Å². The van der Waals surface area contributed by atoms with Crippen LogP contribution in [0.25, 0.3) is 0 Å². The molecule has 0 saturated carbocycles. The van der Waals surface area contributed by atoms with E-state index >= 15 is 0 Å². The number of rotatable bonds is 3. The Bertz CT molecular complexity index is 486. The number of hydrogen-bond donors (Lipinski definition) is 2. The lowest BCUT2D eigenvalue weighted by Crippen LogP contribution is -2.12. The van der Waals surface area contributed by atoms with Gasteiger partial charge in [-0.2, -0.15) is 0 Å². The summed E-state index contributed by atoms with van der Waals surface area (Å²) in [5.74, 6) is -0.927. The fourth-order valence-corrected chi connectivity index (χ4v) is 1.56. The van der Waals surface area contributed by atoms with Crippen molar-refractivity contribution in [1.29, 1.82) is 5.41 Å². The topological polar surface area (TPSA) is 79.2 Å². The van der Waals surface area contributed by atoms with E-state index in [2.05, 4.69) is 10.1 Å². The van der Waals surface area contributed by atoms with Gasteiger partial charge in [0.25, 0.3) is 0 Å². The van der Waals surface area contributed by atoms with Crippen molar-refractivity contribution in [3.05, 3.63) is 28.3 Å². The molecule has 1 aromatic carbocycles. The molecule has 6 heteroatoms. The number of esters is 1. The second-order valence-electron chi connectivity index (χ2n) is 3.23. The molecule has 1 aromatic rings. The van der Waals surface area contributed by atoms with Crippen molar-refractivity contribution in [2.45, 2.75) is 6.92 Å². The molecule has 0 saturated heterocycles. The summed E-state index contributed by atoms with van der Waals surface area (Å²) in [4.78, 5) is 22.5. The molecule has 0 atom stereocenters. The van der Waals surface area contributed by atoms with E-state index in [4.69, 9.17) is 17.0 Å². The Labute approximate surface area is 103 Å². The van der Waals surface area contributed by atoms with Crippen LogP contribution in [0.1, 0.15) is 22.8 Å².